The van der Waals surface area contributed by atoms with E-state index in [0.29, 0.717) is 59.2 Å². The zero-order valence-corrected chi connectivity index (χ0v) is 86.5. The number of H-pyrrole nitrogens is 1. The van der Waals surface area contributed by atoms with Crippen LogP contribution in [0, 0.1) is 0 Å². The van der Waals surface area contributed by atoms with E-state index >= 15 is 0 Å². The molecule has 10 aromatic heterocycles. The average molecular weight is 1720 g/mol. The topological polar surface area (TPSA) is 175 Å². The first-order chi connectivity index (χ1) is 59.3. The molecule has 0 amide bonds. The number of aromatic nitrogens is 14. The molecule has 16 heteroatoms. The Labute approximate surface area is 760 Å². The minimum Gasteiger partial charge on any atom is -0.365 e. The van der Waals surface area contributed by atoms with Crippen LogP contribution in [0.25, 0.3) is 43.6 Å². The van der Waals surface area contributed by atoms with Gasteiger partial charge in [0.1, 0.15) is 17.5 Å². The molecule has 1 N–H and O–H groups in total. The fourth-order valence-electron chi connectivity index (χ4n) is 9.43. The highest BCUT2D eigenvalue weighted by Gasteiger charge is 2.10. The summed E-state index contributed by atoms with van der Waals surface area (Å²) >= 11 is 3.38. The van der Waals surface area contributed by atoms with Crippen molar-refractivity contribution in [1.29, 1.82) is 0 Å². The molecule has 0 aliphatic heterocycles. The number of nitrogens with one attached hydrogen (secondary N) is 1. The molecule has 0 atom stereocenters. The molecule has 0 saturated carbocycles. The molecule has 14 aromatic rings. The van der Waals surface area contributed by atoms with Crippen LogP contribution in [0.15, 0.2) is 230 Å². The lowest BCUT2D eigenvalue weighted by Gasteiger charge is -2.04. The van der Waals surface area contributed by atoms with Crippen LogP contribution in [-0.4, -0.2) is 69.4 Å². The Bertz CT molecular complexity index is 4110. The van der Waals surface area contributed by atoms with Gasteiger partial charge in [0, 0.05) is 142 Å². The van der Waals surface area contributed by atoms with Gasteiger partial charge in [-0.05, 0) is 108 Å². The van der Waals surface area contributed by atoms with Gasteiger partial charge in [0.25, 0.3) is 0 Å². The fourth-order valence-corrected chi connectivity index (χ4v) is 10.8. The van der Waals surface area contributed by atoms with Crippen molar-refractivity contribution in [3.63, 3.8) is 0 Å². The molecule has 14 nitrogen and oxygen atoms in total. The van der Waals surface area contributed by atoms with Crippen molar-refractivity contribution < 1.29 is 0 Å². The maximum absolute atomic E-state index is 4.57. The Kier molecular flexibility index (Phi) is 82.8. The maximum Gasteiger partial charge on any atom is 0.131 e. The molecule has 0 radical (unpaired) electrons. The smallest absolute Gasteiger partial charge is 0.131 e. The number of pyridine rings is 3. The normalized spacial score (nSPS) is 9.42. The van der Waals surface area contributed by atoms with Gasteiger partial charge in [-0.1, -0.05) is 362 Å². The molecule has 0 aliphatic carbocycles. The van der Waals surface area contributed by atoms with Gasteiger partial charge < -0.3 is 9.55 Å². The summed E-state index contributed by atoms with van der Waals surface area (Å²) in [5.74, 6) is 8.14. The van der Waals surface area contributed by atoms with E-state index in [-0.39, 0.29) is 0 Å². The number of nitrogens with zero attached hydrogens (tertiary/aromatic N) is 13. The highest BCUT2D eigenvalue weighted by atomic mass is 32.1. The van der Waals surface area contributed by atoms with E-state index in [9.17, 15) is 0 Å². The quantitative estimate of drug-likeness (QED) is 0.137. The molecular weight excluding hydrogens is 1550 g/mol. The first-order valence-electron chi connectivity index (χ1n) is 46.0. The number of hydrogen-bond donors (Lipinski definition) is 1. The second-order valence-electron chi connectivity index (χ2n) is 27.6. The van der Waals surface area contributed by atoms with E-state index in [1.54, 1.807) is 53.7 Å². The summed E-state index contributed by atoms with van der Waals surface area (Å²) in [6, 6.07) is 51.2. The van der Waals surface area contributed by atoms with Crippen molar-refractivity contribution in [1.82, 2.24) is 69.4 Å². The third-order valence-corrected chi connectivity index (χ3v) is 17.3. The molecule has 0 unspecified atom stereocenters. The highest BCUT2D eigenvalue weighted by molar-refractivity contribution is 7.09. The fraction of sp³-hybridized carbons (Fsp3) is 0.477. The Morgan fingerprint density at radius 2 is 0.764 bits per heavy atom. The molecule has 10 heterocycles. The van der Waals surface area contributed by atoms with Gasteiger partial charge in [0.2, 0.25) is 0 Å². The first-order valence-corrected chi connectivity index (χ1v) is 47.8. The minimum absolute atomic E-state index is 0.393. The largest absolute Gasteiger partial charge is 0.365 e. The molecule has 0 saturated heterocycles. The standard InChI is InChI=1S/2C12H13N.C11H14N2.C11H12N2.C8H11N.2C7H10N2.C7H11N.2C6H9NS.10C2H6/c1-9(2)12-7-10-5-3-4-6-11(10)8-13-12;1-9(2)11-8-7-10-5-3-4-6-12(10)13-11;1-8(2)11-12-9-6-4-5-7-10(9)13(11)3;1-8(2)11-12-7-9-5-3-4-6-10(9)13-11;1-7(2)8-5-3-4-6-9-8;1-6(2)7-5-8-3-4-9-7;1-6(2)7-8-4-3-5-9-7;1-6(2)7-4-3-5-8-7;1-5(2)6-3-8-4-7-6;1-5(2)6-7-3-4-8-6;10*1-2/h2*3-9H,1-2H3;4-8H,1-3H3;3-8H,1-2H3;3-7H,1-2H3;2*3-6H,1-2H3;3-6,8H,1-2H3;2*3-5H,1-2H3;10*1-2H3. The highest BCUT2D eigenvalue weighted by Crippen LogP contribution is 2.23. The van der Waals surface area contributed by atoms with E-state index in [0.717, 1.165) is 50.8 Å². The summed E-state index contributed by atoms with van der Waals surface area (Å²) in [6.45, 7) is 82.8. The predicted molar refractivity (Wildman–Crippen MR) is 551 cm³/mol. The number of fused-ring (bicyclic) bond motifs is 4. The summed E-state index contributed by atoms with van der Waals surface area (Å²) in [4.78, 5) is 54.1. The van der Waals surface area contributed by atoms with Gasteiger partial charge in [0.15, 0.2) is 0 Å². The van der Waals surface area contributed by atoms with Gasteiger partial charge in [0.05, 0.1) is 44.0 Å². The van der Waals surface area contributed by atoms with Crippen LogP contribution in [0.1, 0.15) is 393 Å². The van der Waals surface area contributed by atoms with Crippen molar-refractivity contribution in [2.75, 3.05) is 0 Å². The van der Waals surface area contributed by atoms with Crippen LogP contribution in [0.2, 0.25) is 0 Å². The SMILES string of the molecule is CC.CC.CC.CC.CC.CC.CC.CC.CC.CC.CC(C)c1cc2ccccc2cn1.CC(C)c1ccc2ccccc2n1.CC(C)c1ccc[nH]1.CC(C)c1ccccn1.CC(C)c1cnccn1.CC(C)c1cscn1.CC(C)c1nc2ccccc2n1C.CC(C)c1ncc2ccccc2n1.CC(C)c1ncccn1.CC(C)c1nccs1. The van der Waals surface area contributed by atoms with Crippen LogP contribution >= 0.6 is 22.7 Å². The number of rotatable bonds is 10. The lowest BCUT2D eigenvalue weighted by Crippen LogP contribution is -1.99. The molecule has 682 valence electrons. The van der Waals surface area contributed by atoms with Gasteiger partial charge >= 0.3 is 0 Å². The zero-order valence-electron chi connectivity index (χ0n) is 84.8. The molecule has 123 heavy (non-hydrogen) atoms. The Morgan fingerprint density at radius 1 is 0.293 bits per heavy atom. The lowest BCUT2D eigenvalue weighted by atomic mass is 10.1. The lowest BCUT2D eigenvalue weighted by molar-refractivity contribution is 0.722. The van der Waals surface area contributed by atoms with Crippen LogP contribution in [-0.2, 0) is 7.05 Å². The molecule has 0 bridgehead atoms. The summed E-state index contributed by atoms with van der Waals surface area (Å²) < 4.78 is 2.17. The number of aryl methyl sites for hydroxylation is 1. The monoisotopic (exact) mass is 1720 g/mol. The summed E-state index contributed by atoms with van der Waals surface area (Å²) in [7, 11) is 2.07. The van der Waals surface area contributed by atoms with Crippen LogP contribution in [0.4, 0.5) is 0 Å². The molecule has 0 fully saturated rings. The van der Waals surface area contributed by atoms with Gasteiger partial charge in [-0.15, -0.1) is 22.7 Å². The van der Waals surface area contributed by atoms with Crippen LogP contribution < -0.4 is 0 Å². The van der Waals surface area contributed by atoms with Crippen molar-refractivity contribution in [3.05, 3.63) is 287 Å². The second kappa shape index (κ2) is 82.0. The van der Waals surface area contributed by atoms with Crippen LogP contribution in [0.3, 0.4) is 0 Å². The number of imidazole rings is 1. The van der Waals surface area contributed by atoms with E-state index in [1.807, 2.05) is 265 Å². The molecule has 14 rings (SSSR count). The summed E-state index contributed by atoms with van der Waals surface area (Å²) in [6.07, 6.45) is 18.2. The Hall–Kier alpha value is -9.64. The zero-order chi connectivity index (χ0) is 95.2. The van der Waals surface area contributed by atoms with Gasteiger partial charge in [-0.25, -0.2) is 34.9 Å². The second-order valence-corrected chi connectivity index (χ2v) is 29.3. The van der Waals surface area contributed by atoms with Gasteiger partial charge in [-0.2, -0.15) is 0 Å². The molecule has 4 aromatic carbocycles. The first kappa shape index (κ1) is 124. The Morgan fingerprint density at radius 3 is 1.15 bits per heavy atom. The van der Waals surface area contributed by atoms with Crippen molar-refractivity contribution >= 4 is 66.3 Å². The number of thiazole rings is 2. The van der Waals surface area contributed by atoms with Crippen molar-refractivity contribution in [2.24, 2.45) is 7.05 Å². The van der Waals surface area contributed by atoms with Crippen molar-refractivity contribution in [3.8, 4) is 0 Å². The third-order valence-electron chi connectivity index (χ3n) is 15.6. The van der Waals surface area contributed by atoms with E-state index in [2.05, 4.69) is 287 Å². The van der Waals surface area contributed by atoms with Crippen LogP contribution in [0.5, 0.6) is 0 Å². The summed E-state index contributed by atoms with van der Waals surface area (Å²) in [5, 5.41) is 10.1. The number of benzene rings is 4. The van der Waals surface area contributed by atoms with E-state index in [4.69, 9.17) is 0 Å². The predicted octanol–water partition coefficient (Wildman–Crippen LogP) is 34.5. The maximum atomic E-state index is 4.57. The van der Waals surface area contributed by atoms with Crippen molar-refractivity contribution in [2.45, 2.75) is 336 Å². The van der Waals surface area contributed by atoms with E-state index in [1.165, 1.54) is 49.5 Å². The third kappa shape index (κ3) is 54.6. The number of para-hydroxylation sites is 4. The summed E-state index contributed by atoms with van der Waals surface area (Å²) in [5.41, 5.74) is 13.4. The number of hydrogen-bond acceptors (Lipinski definition) is 14. The molecule has 0 aliphatic rings. The molecular formula is C107H172N14S2. The Balaban J connectivity index is -0.000000303. The minimum atomic E-state index is 0.393. The van der Waals surface area contributed by atoms with E-state index < -0.39 is 0 Å². The average Bonchev–Trinajstić information content (AvgIpc) is 1.68. The van der Waals surface area contributed by atoms with Gasteiger partial charge in [-0.3, -0.25) is 24.9 Å². The number of aromatic amines is 1. The molecule has 0 spiro atoms.